The highest BCUT2D eigenvalue weighted by Gasteiger charge is 2.49. The average Bonchev–Trinajstić information content (AvgIpc) is 1.65. The van der Waals surface area contributed by atoms with E-state index in [1.54, 1.807) is 20.1 Å². The molecule has 4 aliphatic rings. The Labute approximate surface area is 813 Å². The fourth-order valence-electron chi connectivity index (χ4n) is 16.2. The monoisotopic (exact) mass is 2010 g/mol. The molecule has 4 rings (SSSR count). The number of nitrogens with two attached hydrogens (primary N) is 8. The van der Waals surface area contributed by atoms with Crippen molar-refractivity contribution < 1.29 is 136 Å². The highest BCUT2D eigenvalue weighted by atomic mass is 32.2. The van der Waals surface area contributed by atoms with Gasteiger partial charge in [-0.1, -0.05) is 13.8 Å². The van der Waals surface area contributed by atoms with Gasteiger partial charge in [-0.3, -0.25) is 106 Å². The van der Waals surface area contributed by atoms with Crippen LogP contribution in [0.15, 0.2) is 4.99 Å². The second-order valence-corrected chi connectivity index (χ2v) is 36.2. The molecule has 0 aliphatic carbocycles. The lowest BCUT2D eigenvalue weighted by Crippen LogP contribution is -2.61. The summed E-state index contributed by atoms with van der Waals surface area (Å²) in [7, 11) is 0. The summed E-state index contributed by atoms with van der Waals surface area (Å²) >= 11 is 1.24. The van der Waals surface area contributed by atoms with Gasteiger partial charge in [0.2, 0.25) is 112 Å². The summed E-state index contributed by atoms with van der Waals surface area (Å²) in [5, 5.41) is 92.4. The summed E-state index contributed by atoms with van der Waals surface area (Å²) in [6.07, 6.45) is -2.63. The van der Waals surface area contributed by atoms with E-state index < -0.39 is 303 Å². The number of thioether (sulfide) groups is 1. The van der Waals surface area contributed by atoms with Crippen molar-refractivity contribution in [1.29, 1.82) is 0 Å². The number of likely N-dealkylation sites (tertiary alicyclic amines) is 4. The van der Waals surface area contributed by atoms with Gasteiger partial charge in [-0.25, -0.2) is 4.79 Å². The number of nitrogens with one attached hydrogen (secondary N) is 13. The second kappa shape index (κ2) is 61.3. The molecule has 0 aromatic carbocycles. The number of hydrogen-bond donors (Lipinski definition) is 27. The molecule has 4 fully saturated rings. The molecule has 54 nitrogen and oxygen atoms in total. The zero-order chi connectivity index (χ0) is 105. The van der Waals surface area contributed by atoms with Crippen molar-refractivity contribution in [2.75, 3.05) is 77.6 Å². The minimum Gasteiger partial charge on any atom is -0.481 e. The van der Waals surface area contributed by atoms with Gasteiger partial charge in [-0.15, -0.1) is 0 Å². The lowest BCUT2D eigenvalue weighted by Gasteiger charge is -2.33. The van der Waals surface area contributed by atoms with Crippen LogP contribution in [0.2, 0.25) is 0 Å². The second-order valence-electron chi connectivity index (χ2n) is 35.2. The molecule has 4 heterocycles. The Bertz CT molecular complexity index is 4320. The quantitative estimate of drug-likeness (QED) is 0.0153. The standard InChI is InChI=1S/C85H144N26O28S/c1-43(2)65(106-67(121)44(3)89)78(132)100-49(25-27-61(90)115)71(125)104-55(41-112)75(129)101-52(19-8-11-32-88)80(134)110-36-15-23-59(110)82(136)109-35-14-22-58(109)77(131)105-56(42-113)74(128)96-46(17-6-9-30-86)68(122)95-48(20-12-33-94-85(92)93)70(124)102-53(39-63(117)118)81(135)111-37-16-24-60(111)83(137)108-34-13-21-57(108)76(130)99-47(18-7-10-31-87)69(123)98-51(29-38-140-5)72(126)97-50(26-28-62(91)116)73(127)107-66(45(4)114)79(133)103-54(84(138)139)40-64(119)120/h43-60,65-66,112-114H,6-42,86-89H2,1-5H3,(H2,90,115)(H2,91,116)(H,95,122)(H,96,128)(H,97,126)(H,98,123)(H,99,130)(H,100,132)(H,101,129)(H,102,124)(H,103,133)(H,104,125)(H,105,131)(H,106,121)(H,107,127)(H,117,118)(H,119,120)(H,138,139)(H4,92,93,94). The Morgan fingerprint density at radius 2 is 0.679 bits per heavy atom. The number of guanidine groups is 1. The number of aliphatic imine (C=N–C) groups is 1. The van der Waals surface area contributed by atoms with Crippen molar-refractivity contribution >= 4 is 148 Å². The first-order chi connectivity index (χ1) is 66.2. The summed E-state index contributed by atoms with van der Waals surface area (Å²) in [5.41, 5.74) is 45.1. The number of aliphatic carboxylic acids is 3. The number of aliphatic hydroxyl groups excluding tert-OH is 3. The van der Waals surface area contributed by atoms with E-state index in [1.807, 2.05) is 5.32 Å². The van der Waals surface area contributed by atoms with Crippen molar-refractivity contribution in [3.05, 3.63) is 0 Å². The van der Waals surface area contributed by atoms with Gasteiger partial charge in [0.25, 0.3) is 0 Å². The summed E-state index contributed by atoms with van der Waals surface area (Å²) in [6, 6.07) is -28.0. The predicted molar refractivity (Wildman–Crippen MR) is 499 cm³/mol. The highest BCUT2D eigenvalue weighted by molar-refractivity contribution is 7.98. The molecule has 19 amide bonds. The Balaban J connectivity index is 1.55. The number of unbranched alkanes of at least 4 members (excludes halogenated alkanes) is 3. The first-order valence-corrected chi connectivity index (χ1v) is 48.3. The van der Waals surface area contributed by atoms with Gasteiger partial charge in [0.05, 0.1) is 38.2 Å². The van der Waals surface area contributed by atoms with Crippen LogP contribution in [0, 0.1) is 5.92 Å². The zero-order valence-electron chi connectivity index (χ0n) is 79.6. The topological polar surface area (TPSA) is 887 Å². The molecule has 4 saturated heterocycles. The van der Waals surface area contributed by atoms with Crippen LogP contribution in [0.1, 0.15) is 195 Å². The van der Waals surface area contributed by atoms with Crippen molar-refractivity contribution in [3.8, 4) is 0 Å². The molecule has 4 aliphatic heterocycles. The molecule has 0 aromatic rings. The van der Waals surface area contributed by atoms with Crippen LogP contribution < -0.4 is 115 Å². The number of primary amides is 2. The molecule has 19 atom stereocenters. The molecule has 19 unspecified atom stereocenters. The Hall–Kier alpha value is -12.3. The lowest BCUT2D eigenvalue weighted by atomic mass is 10.0. The Morgan fingerprint density at radius 3 is 1.06 bits per heavy atom. The number of hydrogen-bond acceptors (Lipinski definition) is 31. The van der Waals surface area contributed by atoms with E-state index in [4.69, 9.17) is 45.9 Å². The van der Waals surface area contributed by atoms with Crippen molar-refractivity contribution in [3.63, 3.8) is 0 Å². The number of rotatable bonds is 64. The molecule has 0 saturated carbocycles. The van der Waals surface area contributed by atoms with Gasteiger partial charge in [-0.05, 0) is 193 Å². The third-order valence-electron chi connectivity index (χ3n) is 23.8. The maximum Gasteiger partial charge on any atom is 0.326 e. The molecular formula is C85H144N26O28S. The maximum atomic E-state index is 14.9. The van der Waals surface area contributed by atoms with Gasteiger partial charge >= 0.3 is 17.9 Å². The Morgan fingerprint density at radius 1 is 0.364 bits per heavy atom. The average molecular weight is 2010 g/mol. The molecule has 0 spiro atoms. The third-order valence-corrected chi connectivity index (χ3v) is 24.5. The minimum atomic E-state index is -2.01. The van der Waals surface area contributed by atoms with E-state index in [0.717, 1.165) is 11.8 Å². The number of carbonyl (C=O) groups is 22. The van der Waals surface area contributed by atoms with Crippen LogP contribution in [0.4, 0.5) is 0 Å². The van der Waals surface area contributed by atoms with Crippen LogP contribution in [0.3, 0.4) is 0 Å². The number of carbonyl (C=O) groups excluding carboxylic acids is 19. The smallest absolute Gasteiger partial charge is 0.326 e. The van der Waals surface area contributed by atoms with Crippen LogP contribution in [0.5, 0.6) is 0 Å². The fraction of sp³-hybridized carbons (Fsp3) is 0.729. The number of aliphatic hydroxyl groups is 3. The van der Waals surface area contributed by atoms with Crippen LogP contribution in [-0.4, -0.2) is 379 Å². The largest absolute Gasteiger partial charge is 0.481 e. The van der Waals surface area contributed by atoms with E-state index in [2.05, 4.69) is 68.8 Å². The van der Waals surface area contributed by atoms with E-state index in [0.29, 0.717) is 12.8 Å². The molecule has 55 heteroatoms. The first-order valence-electron chi connectivity index (χ1n) is 46.9. The first kappa shape index (κ1) is 120. The van der Waals surface area contributed by atoms with Crippen LogP contribution in [-0.2, 0) is 105 Å². The van der Waals surface area contributed by atoms with Gasteiger partial charge in [0.1, 0.15) is 103 Å². The Kier molecular flexibility index (Phi) is 52.5. The summed E-state index contributed by atoms with van der Waals surface area (Å²) < 4.78 is 0. The summed E-state index contributed by atoms with van der Waals surface area (Å²) in [4.78, 5) is 311. The normalized spacial score (nSPS) is 18.8. The van der Waals surface area contributed by atoms with Gasteiger partial charge in [0.15, 0.2) is 5.96 Å². The number of nitrogens with zero attached hydrogens (tertiary/aromatic N) is 5. The van der Waals surface area contributed by atoms with Gasteiger partial charge in [0, 0.05) is 45.6 Å². The summed E-state index contributed by atoms with van der Waals surface area (Å²) in [6.45, 7) is 3.41. The maximum absolute atomic E-state index is 14.9. The SMILES string of the molecule is CSCCC(NC(=O)C(CCCCN)NC(=O)C1CCCN1C(=O)C1CCCN1C(=O)C(CC(=O)O)NC(=O)C(CCCN=C(N)N)NC(=O)C(CCCCN)NC(=O)C(CO)NC(=O)C1CCCN1C(=O)C1CCCN1C(=O)C(CCCCN)NC(=O)C(CO)NC(=O)C(CCC(N)=O)NC(=O)C(NC(=O)C(C)N)C(C)C)C(=O)NC(CCC(N)=O)C(=O)NC(C(=O)NC(CC(=O)O)C(=O)O)C(C)O. The van der Waals surface area contributed by atoms with E-state index in [-0.39, 0.29) is 180 Å². The molecule has 140 heavy (non-hydrogen) atoms. The molecule has 0 bridgehead atoms. The molecule has 0 radical (unpaired) electrons. The van der Waals surface area contributed by atoms with Gasteiger partial charge in [-0.2, -0.15) is 11.8 Å². The van der Waals surface area contributed by atoms with Crippen LogP contribution >= 0.6 is 11.8 Å². The lowest BCUT2D eigenvalue weighted by molar-refractivity contribution is -0.149. The van der Waals surface area contributed by atoms with Crippen molar-refractivity contribution in [2.24, 2.45) is 56.8 Å². The molecular weight excluding hydrogens is 1870 g/mol. The van der Waals surface area contributed by atoms with Crippen molar-refractivity contribution in [2.45, 2.75) is 309 Å². The highest BCUT2D eigenvalue weighted by Crippen LogP contribution is 2.30. The minimum absolute atomic E-state index is 0.0133. The predicted octanol–water partition coefficient (Wildman–Crippen LogP) is -11.6. The molecule has 0 aromatic heterocycles. The van der Waals surface area contributed by atoms with Gasteiger partial charge < -0.3 is 165 Å². The third kappa shape index (κ3) is 39.0. The molecule has 788 valence electrons. The van der Waals surface area contributed by atoms with E-state index >= 15 is 0 Å². The fourth-order valence-corrected chi connectivity index (χ4v) is 16.7. The number of amides is 19. The van der Waals surface area contributed by atoms with E-state index in [9.17, 15) is 136 Å². The summed E-state index contributed by atoms with van der Waals surface area (Å²) in [5.74, 6) is -24.2. The molecule has 35 N–H and O–H groups in total. The van der Waals surface area contributed by atoms with E-state index in [1.165, 1.54) is 33.4 Å². The zero-order valence-corrected chi connectivity index (χ0v) is 80.5. The number of carboxylic acids is 3. The van der Waals surface area contributed by atoms with Crippen LogP contribution in [0.25, 0.3) is 0 Å². The number of carboxylic acid groups (broad SMARTS) is 3. The van der Waals surface area contributed by atoms with Crippen molar-refractivity contribution in [1.82, 2.24) is 88.7 Å².